The van der Waals surface area contributed by atoms with Crippen molar-refractivity contribution < 1.29 is 0 Å². The zero-order valence-electron chi connectivity index (χ0n) is 9.08. The quantitative estimate of drug-likeness (QED) is 0.830. The van der Waals surface area contributed by atoms with Gasteiger partial charge in [-0.05, 0) is 42.1 Å². The Labute approximate surface area is 94.8 Å². The lowest BCUT2D eigenvalue weighted by atomic mass is 10.0. The molecule has 0 bridgehead atoms. The van der Waals surface area contributed by atoms with Crippen molar-refractivity contribution >= 4 is 11.3 Å². The van der Waals surface area contributed by atoms with E-state index in [0.29, 0.717) is 0 Å². The van der Waals surface area contributed by atoms with E-state index in [1.165, 1.54) is 21.6 Å². The molecule has 0 aliphatic carbocycles. The van der Waals surface area contributed by atoms with Crippen LogP contribution in [0.1, 0.15) is 11.1 Å². The molecule has 0 aliphatic rings. The number of aryl methyl sites for hydroxylation is 1. The molecule has 1 aromatic heterocycles. The van der Waals surface area contributed by atoms with Crippen molar-refractivity contribution in [3.63, 3.8) is 0 Å². The van der Waals surface area contributed by atoms with Crippen molar-refractivity contribution in [1.82, 2.24) is 5.32 Å². The second-order valence-electron chi connectivity index (χ2n) is 3.66. The summed E-state index contributed by atoms with van der Waals surface area (Å²) < 4.78 is 0. The van der Waals surface area contributed by atoms with E-state index >= 15 is 0 Å². The highest BCUT2D eigenvalue weighted by atomic mass is 32.1. The van der Waals surface area contributed by atoms with Gasteiger partial charge in [-0.25, -0.2) is 0 Å². The molecule has 1 N–H and O–H groups in total. The molecule has 15 heavy (non-hydrogen) atoms. The minimum atomic E-state index is 0.936. The van der Waals surface area contributed by atoms with Crippen molar-refractivity contribution in [3.8, 4) is 10.4 Å². The Hall–Kier alpha value is -1.12. The van der Waals surface area contributed by atoms with Gasteiger partial charge in [0.25, 0.3) is 0 Å². The molecular formula is C13H15NS. The first kappa shape index (κ1) is 10.4. The summed E-state index contributed by atoms with van der Waals surface area (Å²) in [7, 11) is 1.97. The molecule has 1 aromatic carbocycles. The molecular weight excluding hydrogens is 202 g/mol. The van der Waals surface area contributed by atoms with Gasteiger partial charge in [-0.3, -0.25) is 0 Å². The van der Waals surface area contributed by atoms with Crippen LogP contribution in [0, 0.1) is 6.92 Å². The molecule has 0 aliphatic heterocycles. The highest BCUT2D eigenvalue weighted by Gasteiger charge is 2.03. The molecule has 78 valence electrons. The summed E-state index contributed by atoms with van der Waals surface area (Å²) in [5.41, 5.74) is 4.05. The van der Waals surface area contributed by atoms with Crippen LogP contribution in [0.25, 0.3) is 10.4 Å². The molecule has 0 amide bonds. The van der Waals surface area contributed by atoms with Crippen LogP contribution in [0.5, 0.6) is 0 Å². The third kappa shape index (κ3) is 2.28. The lowest BCUT2D eigenvalue weighted by molar-refractivity contribution is 0.817. The molecule has 1 nitrogen and oxygen atoms in total. The van der Waals surface area contributed by atoms with Gasteiger partial charge >= 0.3 is 0 Å². The maximum atomic E-state index is 3.17. The summed E-state index contributed by atoms with van der Waals surface area (Å²) in [6, 6.07) is 10.9. The predicted octanol–water partition coefficient (Wildman–Crippen LogP) is 3.44. The number of benzene rings is 1. The topological polar surface area (TPSA) is 12.0 Å². The number of rotatable bonds is 3. The SMILES string of the molecule is CNCc1ccc(-c2cccs2)c(C)c1. The van der Waals surface area contributed by atoms with Crippen molar-refractivity contribution in [3.05, 3.63) is 46.8 Å². The summed E-state index contributed by atoms with van der Waals surface area (Å²) in [4.78, 5) is 1.35. The minimum Gasteiger partial charge on any atom is -0.316 e. The van der Waals surface area contributed by atoms with Crippen molar-refractivity contribution in [2.45, 2.75) is 13.5 Å². The van der Waals surface area contributed by atoms with Gasteiger partial charge in [-0.2, -0.15) is 0 Å². The Kier molecular flexibility index (Phi) is 3.19. The third-order valence-electron chi connectivity index (χ3n) is 2.46. The van der Waals surface area contributed by atoms with E-state index in [1.807, 2.05) is 7.05 Å². The molecule has 0 radical (unpaired) electrons. The Morgan fingerprint density at radius 1 is 1.27 bits per heavy atom. The van der Waals surface area contributed by atoms with Gasteiger partial charge in [0.15, 0.2) is 0 Å². The summed E-state index contributed by atoms with van der Waals surface area (Å²) in [6.45, 7) is 3.11. The van der Waals surface area contributed by atoms with Crippen LogP contribution in [0.2, 0.25) is 0 Å². The van der Waals surface area contributed by atoms with Gasteiger partial charge in [0, 0.05) is 11.4 Å². The van der Waals surface area contributed by atoms with E-state index in [9.17, 15) is 0 Å². The van der Waals surface area contributed by atoms with Crippen LogP contribution in [-0.4, -0.2) is 7.05 Å². The number of hydrogen-bond acceptors (Lipinski definition) is 2. The van der Waals surface area contributed by atoms with E-state index in [1.54, 1.807) is 11.3 Å². The number of thiophene rings is 1. The number of nitrogens with one attached hydrogen (secondary N) is 1. The Bertz CT molecular complexity index is 432. The minimum absolute atomic E-state index is 0.936. The fraction of sp³-hybridized carbons (Fsp3) is 0.231. The van der Waals surface area contributed by atoms with Gasteiger partial charge < -0.3 is 5.32 Å². The lowest BCUT2D eigenvalue weighted by Gasteiger charge is -2.06. The fourth-order valence-electron chi connectivity index (χ4n) is 1.75. The van der Waals surface area contributed by atoms with E-state index in [4.69, 9.17) is 0 Å². The summed E-state index contributed by atoms with van der Waals surface area (Å²) in [6.07, 6.45) is 0. The Morgan fingerprint density at radius 2 is 2.13 bits per heavy atom. The van der Waals surface area contributed by atoms with Gasteiger partial charge in [0.1, 0.15) is 0 Å². The molecule has 0 unspecified atom stereocenters. The molecule has 2 heteroatoms. The Morgan fingerprint density at radius 3 is 2.73 bits per heavy atom. The fourth-order valence-corrected chi connectivity index (χ4v) is 2.57. The lowest BCUT2D eigenvalue weighted by Crippen LogP contribution is -2.05. The Balaban J connectivity index is 2.35. The van der Waals surface area contributed by atoms with Crippen molar-refractivity contribution in [2.24, 2.45) is 0 Å². The van der Waals surface area contributed by atoms with Gasteiger partial charge in [-0.15, -0.1) is 11.3 Å². The first-order valence-corrected chi connectivity index (χ1v) is 5.97. The first-order chi connectivity index (χ1) is 7.31. The van der Waals surface area contributed by atoms with Crippen LogP contribution in [-0.2, 0) is 6.54 Å². The van der Waals surface area contributed by atoms with E-state index in [2.05, 4.69) is 48.0 Å². The van der Waals surface area contributed by atoms with Gasteiger partial charge in [0.05, 0.1) is 0 Å². The molecule has 0 spiro atoms. The summed E-state index contributed by atoms with van der Waals surface area (Å²) >= 11 is 1.79. The van der Waals surface area contributed by atoms with Crippen LogP contribution in [0.4, 0.5) is 0 Å². The van der Waals surface area contributed by atoms with Crippen LogP contribution in [0.15, 0.2) is 35.7 Å². The maximum absolute atomic E-state index is 3.17. The molecule has 1 heterocycles. The molecule has 2 rings (SSSR count). The highest BCUT2D eigenvalue weighted by molar-refractivity contribution is 7.13. The molecule has 2 aromatic rings. The third-order valence-corrected chi connectivity index (χ3v) is 3.36. The molecule has 0 atom stereocenters. The van der Waals surface area contributed by atoms with Crippen LogP contribution < -0.4 is 5.32 Å². The smallest absolute Gasteiger partial charge is 0.0345 e. The number of hydrogen-bond donors (Lipinski definition) is 1. The van der Waals surface area contributed by atoms with Gasteiger partial charge in [-0.1, -0.05) is 24.3 Å². The molecule has 0 fully saturated rings. The maximum Gasteiger partial charge on any atom is 0.0345 e. The van der Waals surface area contributed by atoms with Crippen LogP contribution in [0.3, 0.4) is 0 Å². The normalized spacial score (nSPS) is 10.5. The zero-order valence-corrected chi connectivity index (χ0v) is 9.90. The second kappa shape index (κ2) is 4.60. The molecule has 0 saturated heterocycles. The van der Waals surface area contributed by atoms with E-state index in [0.717, 1.165) is 6.54 Å². The monoisotopic (exact) mass is 217 g/mol. The van der Waals surface area contributed by atoms with Crippen LogP contribution >= 0.6 is 11.3 Å². The standard InChI is InChI=1S/C13H15NS/c1-10-8-11(9-14-2)5-6-12(10)13-4-3-7-15-13/h3-8,14H,9H2,1-2H3. The van der Waals surface area contributed by atoms with E-state index in [-0.39, 0.29) is 0 Å². The molecule has 0 saturated carbocycles. The first-order valence-electron chi connectivity index (χ1n) is 5.09. The highest BCUT2D eigenvalue weighted by Crippen LogP contribution is 2.28. The van der Waals surface area contributed by atoms with Crippen molar-refractivity contribution in [2.75, 3.05) is 7.05 Å². The average Bonchev–Trinajstić information content (AvgIpc) is 2.71. The zero-order chi connectivity index (χ0) is 10.7. The van der Waals surface area contributed by atoms with Gasteiger partial charge in [0.2, 0.25) is 0 Å². The largest absolute Gasteiger partial charge is 0.316 e. The van der Waals surface area contributed by atoms with Crippen molar-refractivity contribution in [1.29, 1.82) is 0 Å². The summed E-state index contributed by atoms with van der Waals surface area (Å²) in [5.74, 6) is 0. The predicted molar refractivity (Wildman–Crippen MR) is 67.3 cm³/mol. The second-order valence-corrected chi connectivity index (χ2v) is 4.60. The average molecular weight is 217 g/mol. The van der Waals surface area contributed by atoms with E-state index < -0.39 is 0 Å². The summed E-state index contributed by atoms with van der Waals surface area (Å²) in [5, 5.41) is 5.29.